The topological polar surface area (TPSA) is 15.3 Å². The zero-order valence-electron chi connectivity index (χ0n) is 12.4. The summed E-state index contributed by atoms with van der Waals surface area (Å²) in [5.74, 6) is 3.62. The summed E-state index contributed by atoms with van der Waals surface area (Å²) in [5.41, 5.74) is 0. The summed E-state index contributed by atoms with van der Waals surface area (Å²) in [4.78, 5) is 2.80. The molecule has 0 radical (unpaired) electrons. The highest BCUT2D eigenvalue weighted by atomic mass is 32.2. The molecule has 3 rings (SSSR count). The van der Waals surface area contributed by atoms with Crippen LogP contribution in [0.1, 0.15) is 51.9 Å². The molecule has 1 N–H and O–H groups in total. The summed E-state index contributed by atoms with van der Waals surface area (Å²) in [7, 11) is 0. The zero-order valence-corrected chi connectivity index (χ0v) is 13.3. The molecule has 2 atom stereocenters. The first kappa shape index (κ1) is 14.2. The van der Waals surface area contributed by atoms with E-state index in [9.17, 15) is 0 Å². The number of likely N-dealkylation sites (tertiary alicyclic amines) is 1. The van der Waals surface area contributed by atoms with Crippen molar-refractivity contribution in [1.82, 2.24) is 10.2 Å². The summed E-state index contributed by atoms with van der Waals surface area (Å²) < 4.78 is 0. The van der Waals surface area contributed by atoms with Crippen LogP contribution in [0.5, 0.6) is 0 Å². The summed E-state index contributed by atoms with van der Waals surface area (Å²) in [6.07, 6.45) is 10.0. The van der Waals surface area contributed by atoms with Gasteiger partial charge in [-0.3, -0.25) is 0 Å². The number of thioether (sulfide) groups is 1. The van der Waals surface area contributed by atoms with Crippen molar-refractivity contribution >= 4 is 11.8 Å². The first-order valence-electron chi connectivity index (χ1n) is 8.41. The quantitative estimate of drug-likeness (QED) is 0.853. The number of piperidine rings is 1. The Labute approximate surface area is 123 Å². The minimum Gasteiger partial charge on any atom is -0.311 e. The Bertz CT molecular complexity index is 274. The lowest BCUT2D eigenvalue weighted by Crippen LogP contribution is -2.51. The number of rotatable bonds is 4. The summed E-state index contributed by atoms with van der Waals surface area (Å²) >= 11 is 2.13. The van der Waals surface area contributed by atoms with E-state index in [-0.39, 0.29) is 0 Å². The molecular weight excluding hydrogens is 252 g/mol. The van der Waals surface area contributed by atoms with Gasteiger partial charge in [0.15, 0.2) is 0 Å². The number of hydrogen-bond acceptors (Lipinski definition) is 3. The molecular formula is C16H30N2S. The van der Waals surface area contributed by atoms with E-state index in [4.69, 9.17) is 0 Å². The summed E-state index contributed by atoms with van der Waals surface area (Å²) in [6, 6.07) is 2.47. The van der Waals surface area contributed by atoms with Gasteiger partial charge in [-0.05, 0) is 69.4 Å². The fourth-order valence-electron chi connectivity index (χ4n) is 3.90. The molecule has 0 aromatic rings. The van der Waals surface area contributed by atoms with Crippen molar-refractivity contribution in [2.24, 2.45) is 5.92 Å². The Morgan fingerprint density at radius 2 is 1.84 bits per heavy atom. The summed E-state index contributed by atoms with van der Waals surface area (Å²) in [5, 5.41) is 3.94. The Balaban J connectivity index is 1.46. The SMILES string of the molecule is C[C@H](NC1CCSCC1)[C@@H]1CCCN(C2CCC2)C1. The molecule has 19 heavy (non-hydrogen) atoms. The van der Waals surface area contributed by atoms with E-state index in [1.807, 2.05) is 0 Å². The van der Waals surface area contributed by atoms with E-state index in [0.717, 1.165) is 24.0 Å². The third-order valence-corrected chi connectivity index (χ3v) is 6.56. The van der Waals surface area contributed by atoms with Gasteiger partial charge >= 0.3 is 0 Å². The molecule has 2 saturated heterocycles. The molecule has 0 aromatic carbocycles. The van der Waals surface area contributed by atoms with E-state index >= 15 is 0 Å². The highest BCUT2D eigenvalue weighted by Gasteiger charge is 2.32. The molecule has 3 aliphatic rings. The van der Waals surface area contributed by atoms with Gasteiger partial charge in [-0.15, -0.1) is 0 Å². The molecule has 2 aliphatic heterocycles. The molecule has 0 unspecified atom stereocenters. The van der Waals surface area contributed by atoms with Crippen LogP contribution in [0.2, 0.25) is 0 Å². The Morgan fingerprint density at radius 3 is 2.53 bits per heavy atom. The Hall–Kier alpha value is 0.270. The van der Waals surface area contributed by atoms with Gasteiger partial charge in [0.1, 0.15) is 0 Å². The Kier molecular flexibility index (Phi) is 5.10. The highest BCUT2D eigenvalue weighted by molar-refractivity contribution is 7.99. The van der Waals surface area contributed by atoms with Gasteiger partial charge < -0.3 is 10.2 Å². The lowest BCUT2D eigenvalue weighted by atomic mass is 9.85. The van der Waals surface area contributed by atoms with Crippen LogP contribution in [0.3, 0.4) is 0 Å². The molecule has 2 nitrogen and oxygen atoms in total. The first-order valence-corrected chi connectivity index (χ1v) is 9.56. The monoisotopic (exact) mass is 282 g/mol. The average molecular weight is 282 g/mol. The molecule has 0 amide bonds. The van der Waals surface area contributed by atoms with Gasteiger partial charge in [0, 0.05) is 24.7 Å². The molecule has 1 aliphatic carbocycles. The van der Waals surface area contributed by atoms with Crippen molar-refractivity contribution in [3.05, 3.63) is 0 Å². The second-order valence-corrected chi connectivity index (χ2v) is 8.05. The van der Waals surface area contributed by atoms with Crippen molar-refractivity contribution in [3.63, 3.8) is 0 Å². The molecule has 3 heteroatoms. The van der Waals surface area contributed by atoms with Crippen molar-refractivity contribution < 1.29 is 0 Å². The smallest absolute Gasteiger partial charge is 0.00954 e. The average Bonchev–Trinajstić information content (AvgIpc) is 2.38. The van der Waals surface area contributed by atoms with Crippen LogP contribution >= 0.6 is 11.8 Å². The van der Waals surface area contributed by atoms with E-state index in [0.29, 0.717) is 0 Å². The molecule has 0 spiro atoms. The zero-order chi connectivity index (χ0) is 13.1. The molecule has 1 saturated carbocycles. The maximum absolute atomic E-state index is 3.94. The molecule has 0 bridgehead atoms. The number of nitrogens with one attached hydrogen (secondary N) is 1. The predicted octanol–water partition coefficient (Wildman–Crippen LogP) is 3.12. The summed E-state index contributed by atoms with van der Waals surface area (Å²) in [6.45, 7) is 5.17. The van der Waals surface area contributed by atoms with Gasteiger partial charge in [0.25, 0.3) is 0 Å². The van der Waals surface area contributed by atoms with Gasteiger partial charge in [-0.2, -0.15) is 11.8 Å². The van der Waals surface area contributed by atoms with Crippen LogP contribution in [0, 0.1) is 5.92 Å². The van der Waals surface area contributed by atoms with Crippen LogP contribution in [-0.4, -0.2) is 47.6 Å². The van der Waals surface area contributed by atoms with E-state index in [1.54, 1.807) is 0 Å². The van der Waals surface area contributed by atoms with Gasteiger partial charge in [0.2, 0.25) is 0 Å². The van der Waals surface area contributed by atoms with Crippen molar-refractivity contribution in [2.75, 3.05) is 24.6 Å². The number of hydrogen-bond donors (Lipinski definition) is 1. The highest BCUT2D eigenvalue weighted by Crippen LogP contribution is 2.30. The van der Waals surface area contributed by atoms with E-state index in [2.05, 4.69) is 28.9 Å². The van der Waals surface area contributed by atoms with Crippen molar-refractivity contribution in [2.45, 2.75) is 70.0 Å². The first-order chi connectivity index (χ1) is 9.33. The van der Waals surface area contributed by atoms with Crippen LogP contribution in [0.15, 0.2) is 0 Å². The Morgan fingerprint density at radius 1 is 1.05 bits per heavy atom. The molecule has 3 fully saturated rings. The normalized spacial score (nSPS) is 33.0. The maximum atomic E-state index is 3.94. The lowest BCUT2D eigenvalue weighted by molar-refractivity contribution is 0.0650. The minimum atomic E-state index is 0.718. The van der Waals surface area contributed by atoms with Gasteiger partial charge in [-0.25, -0.2) is 0 Å². The van der Waals surface area contributed by atoms with Crippen molar-refractivity contribution in [3.8, 4) is 0 Å². The second kappa shape index (κ2) is 6.82. The van der Waals surface area contributed by atoms with Gasteiger partial charge in [0.05, 0.1) is 0 Å². The predicted molar refractivity (Wildman–Crippen MR) is 84.9 cm³/mol. The third-order valence-electron chi connectivity index (χ3n) is 5.51. The fraction of sp³-hybridized carbons (Fsp3) is 1.00. The molecule has 0 aromatic heterocycles. The number of nitrogens with zero attached hydrogens (tertiary/aromatic N) is 1. The minimum absolute atomic E-state index is 0.718. The second-order valence-electron chi connectivity index (χ2n) is 6.82. The van der Waals surface area contributed by atoms with Crippen LogP contribution in [-0.2, 0) is 0 Å². The van der Waals surface area contributed by atoms with E-state index in [1.165, 1.54) is 69.5 Å². The van der Waals surface area contributed by atoms with Crippen molar-refractivity contribution in [1.29, 1.82) is 0 Å². The third kappa shape index (κ3) is 3.68. The van der Waals surface area contributed by atoms with Gasteiger partial charge in [-0.1, -0.05) is 6.42 Å². The largest absolute Gasteiger partial charge is 0.311 e. The van der Waals surface area contributed by atoms with Crippen LogP contribution in [0.25, 0.3) is 0 Å². The maximum Gasteiger partial charge on any atom is 0.00954 e. The molecule has 110 valence electrons. The van der Waals surface area contributed by atoms with Crippen LogP contribution in [0.4, 0.5) is 0 Å². The van der Waals surface area contributed by atoms with E-state index < -0.39 is 0 Å². The van der Waals surface area contributed by atoms with Crippen LogP contribution < -0.4 is 5.32 Å². The molecule has 2 heterocycles. The lowest BCUT2D eigenvalue weighted by Gasteiger charge is -2.44. The standard InChI is InChI=1S/C16H30N2S/c1-13(17-15-7-10-19-11-8-15)14-4-3-9-18(12-14)16-5-2-6-16/h13-17H,2-12H2,1H3/t13-,14+/m0/s1. The fourth-order valence-corrected chi connectivity index (χ4v) is 5.01.